The highest BCUT2D eigenvalue weighted by Crippen LogP contribution is 2.20. The quantitative estimate of drug-likeness (QED) is 0.779. The van der Waals surface area contributed by atoms with Crippen LogP contribution < -0.4 is 5.32 Å². The highest BCUT2D eigenvalue weighted by atomic mass is 32.2. The van der Waals surface area contributed by atoms with Gasteiger partial charge in [0.25, 0.3) is 0 Å². The highest BCUT2D eigenvalue weighted by Gasteiger charge is 2.18. The van der Waals surface area contributed by atoms with Crippen molar-refractivity contribution >= 4 is 27.1 Å². The van der Waals surface area contributed by atoms with Gasteiger partial charge in [-0.3, -0.25) is 4.79 Å². The van der Waals surface area contributed by atoms with E-state index >= 15 is 0 Å². The zero-order chi connectivity index (χ0) is 17.6. The van der Waals surface area contributed by atoms with Crippen molar-refractivity contribution in [1.82, 2.24) is 10.2 Å². The number of carbonyl (C=O) groups is 1. The molecule has 1 aromatic carbocycles. The molecule has 0 aliphatic rings. The van der Waals surface area contributed by atoms with Gasteiger partial charge in [0.1, 0.15) is 0 Å². The number of carbonyl (C=O) groups excluding carboxylic acids is 1. The number of hydrogen-bond donors (Lipinski definition) is 1. The Balaban J connectivity index is 1.87. The fraction of sp³-hybridized carbons (Fsp3) is 0.353. The summed E-state index contributed by atoms with van der Waals surface area (Å²) in [7, 11) is 0.482. The van der Waals surface area contributed by atoms with Gasteiger partial charge in [0.15, 0.2) is 9.84 Å². The summed E-state index contributed by atoms with van der Waals surface area (Å²) in [4.78, 5) is 14.3. The normalized spacial score (nSPS) is 13.0. The van der Waals surface area contributed by atoms with Crippen LogP contribution in [0.3, 0.4) is 0 Å². The van der Waals surface area contributed by atoms with E-state index in [1.807, 2.05) is 30.4 Å². The number of amides is 1. The maximum absolute atomic E-state index is 12.2. The fourth-order valence-corrected chi connectivity index (χ4v) is 4.30. The van der Waals surface area contributed by atoms with Gasteiger partial charge in [0.05, 0.1) is 16.7 Å². The molecule has 2 aromatic rings. The van der Waals surface area contributed by atoms with Crippen molar-refractivity contribution in [2.24, 2.45) is 0 Å². The molecule has 0 unspecified atom stereocenters. The van der Waals surface area contributed by atoms with Crippen molar-refractivity contribution in [3.05, 3.63) is 52.7 Å². The van der Waals surface area contributed by atoms with Crippen LogP contribution in [0.1, 0.15) is 18.0 Å². The molecule has 1 N–H and O–H groups in total. The molecule has 1 heterocycles. The maximum Gasteiger partial charge on any atom is 0.221 e. The molecule has 24 heavy (non-hydrogen) atoms. The molecule has 0 aliphatic carbocycles. The van der Waals surface area contributed by atoms with E-state index in [1.165, 1.54) is 0 Å². The number of hydrogen-bond acceptors (Lipinski definition) is 5. The Hall–Kier alpha value is -1.70. The van der Waals surface area contributed by atoms with E-state index in [0.717, 1.165) is 5.56 Å². The number of nitrogens with zero attached hydrogens (tertiary/aromatic N) is 1. The van der Waals surface area contributed by atoms with Crippen molar-refractivity contribution in [3.8, 4) is 0 Å². The summed E-state index contributed by atoms with van der Waals surface area (Å²) in [5, 5.41) is 6.89. The molecule has 0 bridgehead atoms. The highest BCUT2D eigenvalue weighted by molar-refractivity contribution is 7.91. The Morgan fingerprint density at radius 3 is 2.50 bits per heavy atom. The molecule has 0 spiro atoms. The van der Waals surface area contributed by atoms with Gasteiger partial charge in [-0.1, -0.05) is 18.2 Å². The predicted octanol–water partition coefficient (Wildman–Crippen LogP) is 2.33. The molecular weight excluding hydrogens is 344 g/mol. The van der Waals surface area contributed by atoms with Gasteiger partial charge in [-0.15, -0.1) is 0 Å². The third kappa shape index (κ3) is 5.15. The summed E-state index contributed by atoms with van der Waals surface area (Å²) >= 11 is 1.61. The van der Waals surface area contributed by atoms with E-state index in [0.29, 0.717) is 6.54 Å². The van der Waals surface area contributed by atoms with Gasteiger partial charge in [-0.05, 0) is 48.6 Å². The first-order chi connectivity index (χ1) is 11.4. The molecule has 7 heteroatoms. The molecular formula is C17H22N2O3S2. The number of thiophene rings is 1. The van der Waals surface area contributed by atoms with Crippen LogP contribution in [0.5, 0.6) is 0 Å². The topological polar surface area (TPSA) is 66.5 Å². The van der Waals surface area contributed by atoms with Gasteiger partial charge >= 0.3 is 0 Å². The SMILES string of the molecule is CN(C)[C@@H](CNC(=O)CCS(=O)(=O)c1ccccc1)c1ccsc1. The van der Waals surface area contributed by atoms with Gasteiger partial charge in [-0.2, -0.15) is 11.3 Å². The molecule has 5 nitrogen and oxygen atoms in total. The third-order valence-electron chi connectivity index (χ3n) is 3.74. The minimum Gasteiger partial charge on any atom is -0.354 e. The van der Waals surface area contributed by atoms with Gasteiger partial charge < -0.3 is 10.2 Å². The molecule has 1 aromatic heterocycles. The predicted molar refractivity (Wildman–Crippen MR) is 96.9 cm³/mol. The van der Waals surface area contributed by atoms with Crippen LogP contribution in [0.2, 0.25) is 0 Å². The Morgan fingerprint density at radius 2 is 1.92 bits per heavy atom. The Morgan fingerprint density at radius 1 is 1.21 bits per heavy atom. The molecule has 0 fully saturated rings. The Labute approximate surface area is 147 Å². The van der Waals surface area contributed by atoms with Crippen LogP contribution >= 0.6 is 11.3 Å². The molecule has 2 rings (SSSR count). The van der Waals surface area contributed by atoms with Gasteiger partial charge in [-0.25, -0.2) is 8.42 Å². The lowest BCUT2D eigenvalue weighted by molar-refractivity contribution is -0.120. The number of likely N-dealkylation sites (N-methyl/N-ethyl adjacent to an activating group) is 1. The van der Waals surface area contributed by atoms with E-state index in [2.05, 4.69) is 10.7 Å². The van der Waals surface area contributed by atoms with Crippen molar-refractivity contribution in [2.75, 3.05) is 26.4 Å². The van der Waals surface area contributed by atoms with E-state index in [-0.39, 0.29) is 29.0 Å². The lowest BCUT2D eigenvalue weighted by Crippen LogP contribution is -2.35. The van der Waals surface area contributed by atoms with E-state index in [9.17, 15) is 13.2 Å². The summed E-state index contributed by atoms with van der Waals surface area (Å²) < 4.78 is 24.4. The number of nitrogens with one attached hydrogen (secondary N) is 1. The Bertz CT molecular complexity index is 741. The lowest BCUT2D eigenvalue weighted by Gasteiger charge is -2.24. The summed E-state index contributed by atoms with van der Waals surface area (Å²) in [5.41, 5.74) is 1.14. The van der Waals surface area contributed by atoms with Gasteiger partial charge in [0.2, 0.25) is 5.91 Å². The van der Waals surface area contributed by atoms with Crippen molar-refractivity contribution in [3.63, 3.8) is 0 Å². The first kappa shape index (κ1) is 18.6. The van der Waals surface area contributed by atoms with Crippen molar-refractivity contribution in [2.45, 2.75) is 17.4 Å². The maximum atomic E-state index is 12.2. The van der Waals surface area contributed by atoms with Crippen LogP contribution in [0, 0.1) is 0 Å². The molecule has 0 radical (unpaired) electrons. The molecule has 0 saturated heterocycles. The molecule has 130 valence electrons. The first-order valence-corrected chi connectivity index (χ1v) is 10.2. The van der Waals surface area contributed by atoms with Crippen LogP contribution in [-0.4, -0.2) is 45.6 Å². The molecule has 1 atom stereocenters. The van der Waals surface area contributed by atoms with Crippen LogP contribution in [0.15, 0.2) is 52.1 Å². The van der Waals surface area contributed by atoms with E-state index in [1.54, 1.807) is 41.7 Å². The second kappa shape index (κ2) is 8.41. The second-order valence-electron chi connectivity index (χ2n) is 5.72. The fourth-order valence-electron chi connectivity index (χ4n) is 2.33. The monoisotopic (exact) mass is 366 g/mol. The van der Waals surface area contributed by atoms with Crippen LogP contribution in [0.25, 0.3) is 0 Å². The van der Waals surface area contributed by atoms with E-state index < -0.39 is 9.84 Å². The smallest absolute Gasteiger partial charge is 0.221 e. The average molecular weight is 367 g/mol. The van der Waals surface area contributed by atoms with Gasteiger partial charge in [0, 0.05) is 13.0 Å². The minimum absolute atomic E-state index is 0.0407. The average Bonchev–Trinajstić information content (AvgIpc) is 3.08. The zero-order valence-electron chi connectivity index (χ0n) is 13.8. The number of benzene rings is 1. The minimum atomic E-state index is -3.42. The van der Waals surface area contributed by atoms with Crippen molar-refractivity contribution in [1.29, 1.82) is 0 Å². The Kier molecular flexibility index (Phi) is 6.53. The summed E-state index contributed by atoms with van der Waals surface area (Å²) in [6, 6.07) is 10.3. The van der Waals surface area contributed by atoms with E-state index in [4.69, 9.17) is 0 Å². The lowest BCUT2D eigenvalue weighted by atomic mass is 10.1. The summed E-state index contributed by atoms with van der Waals surface area (Å²) in [5.74, 6) is -0.440. The summed E-state index contributed by atoms with van der Waals surface area (Å²) in [6.07, 6.45) is -0.0407. The third-order valence-corrected chi connectivity index (χ3v) is 6.18. The zero-order valence-corrected chi connectivity index (χ0v) is 15.4. The van der Waals surface area contributed by atoms with Crippen molar-refractivity contribution < 1.29 is 13.2 Å². The first-order valence-electron chi connectivity index (χ1n) is 7.63. The molecule has 0 aliphatic heterocycles. The van der Waals surface area contributed by atoms with Crippen LogP contribution in [-0.2, 0) is 14.6 Å². The molecule has 1 amide bonds. The van der Waals surface area contributed by atoms with Crippen LogP contribution in [0.4, 0.5) is 0 Å². The number of sulfone groups is 1. The second-order valence-corrected chi connectivity index (χ2v) is 8.61. The number of rotatable bonds is 8. The summed E-state index contributed by atoms with van der Waals surface area (Å²) in [6.45, 7) is 0.452. The standard InChI is InChI=1S/C17H22N2O3S2/c1-19(2)16(14-8-10-23-13-14)12-18-17(20)9-11-24(21,22)15-6-4-3-5-7-15/h3-8,10,13,16H,9,11-12H2,1-2H3,(H,18,20)/t16-/m0/s1. The largest absolute Gasteiger partial charge is 0.354 e. The molecule has 0 saturated carbocycles.